The molecule has 20 heavy (non-hydrogen) atoms. The summed E-state index contributed by atoms with van der Waals surface area (Å²) in [5.41, 5.74) is 1.09. The molecule has 0 bridgehead atoms. The SMILES string of the molecule is COc1ccc(C2OCCCC2C#N)c2ccccc12. The normalized spacial score (nSPS) is 22.4. The maximum absolute atomic E-state index is 9.34. The van der Waals surface area contributed by atoms with Crippen LogP contribution in [-0.4, -0.2) is 13.7 Å². The molecular weight excluding hydrogens is 250 g/mol. The first-order valence-corrected chi connectivity index (χ1v) is 6.92. The Morgan fingerprint density at radius 2 is 2.00 bits per heavy atom. The molecule has 0 N–H and O–H groups in total. The van der Waals surface area contributed by atoms with Crippen LogP contribution in [0.15, 0.2) is 36.4 Å². The van der Waals surface area contributed by atoms with Gasteiger partial charge in [0.2, 0.25) is 0 Å². The van der Waals surface area contributed by atoms with Gasteiger partial charge in [-0.2, -0.15) is 5.26 Å². The lowest BCUT2D eigenvalue weighted by atomic mass is 9.88. The van der Waals surface area contributed by atoms with Gasteiger partial charge >= 0.3 is 0 Å². The van der Waals surface area contributed by atoms with Crippen molar-refractivity contribution in [1.29, 1.82) is 5.26 Å². The van der Waals surface area contributed by atoms with E-state index >= 15 is 0 Å². The third-order valence-corrected chi connectivity index (χ3v) is 3.93. The molecule has 1 saturated heterocycles. The van der Waals surface area contributed by atoms with Gasteiger partial charge in [0, 0.05) is 12.0 Å². The van der Waals surface area contributed by atoms with Crippen LogP contribution in [0.2, 0.25) is 0 Å². The largest absolute Gasteiger partial charge is 0.496 e. The van der Waals surface area contributed by atoms with Crippen LogP contribution in [0, 0.1) is 17.2 Å². The third kappa shape index (κ3) is 2.13. The number of fused-ring (bicyclic) bond motifs is 1. The first kappa shape index (κ1) is 13.0. The molecule has 1 fully saturated rings. The summed E-state index contributed by atoms with van der Waals surface area (Å²) in [6.45, 7) is 0.725. The maximum Gasteiger partial charge on any atom is 0.126 e. The Bertz CT molecular complexity index is 660. The van der Waals surface area contributed by atoms with Crippen molar-refractivity contribution in [2.24, 2.45) is 5.92 Å². The average molecular weight is 267 g/mol. The van der Waals surface area contributed by atoms with Crippen molar-refractivity contribution in [2.75, 3.05) is 13.7 Å². The van der Waals surface area contributed by atoms with Gasteiger partial charge in [-0.05, 0) is 29.9 Å². The van der Waals surface area contributed by atoms with E-state index < -0.39 is 0 Å². The Morgan fingerprint density at radius 3 is 2.75 bits per heavy atom. The van der Waals surface area contributed by atoms with Crippen molar-refractivity contribution in [3.8, 4) is 11.8 Å². The standard InChI is InChI=1S/C17H17NO2/c1-19-16-9-8-15(13-6-2-3-7-14(13)16)17-12(11-18)5-4-10-20-17/h2-3,6-9,12,17H,4-5,10H2,1H3. The molecule has 0 aromatic heterocycles. The van der Waals surface area contributed by atoms with Crippen LogP contribution >= 0.6 is 0 Å². The molecule has 0 spiro atoms. The zero-order valence-corrected chi connectivity index (χ0v) is 11.5. The van der Waals surface area contributed by atoms with Gasteiger partial charge < -0.3 is 9.47 Å². The van der Waals surface area contributed by atoms with E-state index in [1.807, 2.05) is 30.3 Å². The van der Waals surface area contributed by atoms with Crippen LogP contribution in [0.3, 0.4) is 0 Å². The summed E-state index contributed by atoms with van der Waals surface area (Å²) in [5.74, 6) is 0.786. The highest BCUT2D eigenvalue weighted by Crippen LogP contribution is 2.39. The Morgan fingerprint density at radius 1 is 1.20 bits per heavy atom. The maximum atomic E-state index is 9.34. The van der Waals surface area contributed by atoms with Gasteiger partial charge in [-0.25, -0.2) is 0 Å². The summed E-state index contributed by atoms with van der Waals surface area (Å²) in [6.07, 6.45) is 1.73. The summed E-state index contributed by atoms with van der Waals surface area (Å²) in [7, 11) is 1.68. The summed E-state index contributed by atoms with van der Waals surface area (Å²) < 4.78 is 11.3. The second kappa shape index (κ2) is 5.52. The second-order valence-electron chi connectivity index (χ2n) is 5.07. The van der Waals surface area contributed by atoms with Crippen LogP contribution in [0.25, 0.3) is 10.8 Å². The molecule has 102 valence electrons. The summed E-state index contributed by atoms with van der Waals surface area (Å²) in [4.78, 5) is 0. The molecule has 2 aromatic carbocycles. The molecule has 3 heteroatoms. The minimum absolute atomic E-state index is 0.0689. The molecule has 0 radical (unpaired) electrons. The quantitative estimate of drug-likeness (QED) is 0.830. The van der Waals surface area contributed by atoms with Crippen molar-refractivity contribution in [1.82, 2.24) is 0 Å². The number of ether oxygens (including phenoxy) is 2. The third-order valence-electron chi connectivity index (χ3n) is 3.93. The smallest absolute Gasteiger partial charge is 0.126 e. The fourth-order valence-electron chi connectivity index (χ4n) is 2.94. The van der Waals surface area contributed by atoms with Crippen molar-refractivity contribution >= 4 is 10.8 Å². The molecule has 3 nitrogen and oxygen atoms in total. The summed E-state index contributed by atoms with van der Waals surface area (Å²) in [5, 5.41) is 11.5. The highest BCUT2D eigenvalue weighted by molar-refractivity contribution is 5.91. The van der Waals surface area contributed by atoms with Crippen molar-refractivity contribution in [3.05, 3.63) is 42.0 Å². The van der Waals surface area contributed by atoms with Crippen molar-refractivity contribution in [3.63, 3.8) is 0 Å². The molecule has 1 aliphatic rings. The number of nitriles is 1. The van der Waals surface area contributed by atoms with Gasteiger partial charge in [0.05, 0.1) is 25.2 Å². The lowest BCUT2D eigenvalue weighted by Gasteiger charge is -2.28. The van der Waals surface area contributed by atoms with E-state index in [-0.39, 0.29) is 12.0 Å². The van der Waals surface area contributed by atoms with Gasteiger partial charge in [-0.15, -0.1) is 0 Å². The first-order chi connectivity index (χ1) is 9.85. The number of hydrogen-bond donors (Lipinski definition) is 0. The van der Waals surface area contributed by atoms with Gasteiger partial charge in [0.15, 0.2) is 0 Å². The van der Waals surface area contributed by atoms with Gasteiger partial charge in [-0.3, -0.25) is 0 Å². The van der Waals surface area contributed by atoms with Crippen LogP contribution in [0.4, 0.5) is 0 Å². The molecule has 2 aromatic rings. The minimum Gasteiger partial charge on any atom is -0.496 e. The summed E-state index contributed by atoms with van der Waals surface area (Å²) >= 11 is 0. The van der Waals surface area contributed by atoms with E-state index in [2.05, 4.69) is 12.1 Å². The molecular formula is C17H17NO2. The van der Waals surface area contributed by atoms with Crippen LogP contribution in [-0.2, 0) is 4.74 Å². The van der Waals surface area contributed by atoms with E-state index in [0.29, 0.717) is 0 Å². The fourth-order valence-corrected chi connectivity index (χ4v) is 2.94. The zero-order valence-electron chi connectivity index (χ0n) is 11.5. The van der Waals surface area contributed by atoms with E-state index in [1.54, 1.807) is 7.11 Å². The zero-order chi connectivity index (χ0) is 13.9. The monoisotopic (exact) mass is 267 g/mol. The van der Waals surface area contributed by atoms with Crippen molar-refractivity contribution in [2.45, 2.75) is 18.9 Å². The molecule has 1 aliphatic heterocycles. The molecule has 1 heterocycles. The van der Waals surface area contributed by atoms with Crippen LogP contribution < -0.4 is 4.74 Å². The molecule has 0 amide bonds. The Kier molecular flexibility index (Phi) is 3.58. The second-order valence-corrected chi connectivity index (χ2v) is 5.07. The number of rotatable bonds is 2. The molecule has 0 aliphatic carbocycles. The first-order valence-electron chi connectivity index (χ1n) is 6.92. The lowest BCUT2D eigenvalue weighted by Crippen LogP contribution is -2.21. The Hall–Kier alpha value is -2.05. The lowest BCUT2D eigenvalue weighted by molar-refractivity contribution is -0.00925. The Labute approximate surface area is 118 Å². The molecule has 2 unspecified atom stereocenters. The number of nitrogens with zero attached hydrogens (tertiary/aromatic N) is 1. The number of hydrogen-bond acceptors (Lipinski definition) is 3. The topological polar surface area (TPSA) is 42.2 Å². The van der Waals surface area contributed by atoms with E-state index in [1.165, 1.54) is 0 Å². The van der Waals surface area contributed by atoms with Crippen molar-refractivity contribution < 1.29 is 9.47 Å². The van der Waals surface area contributed by atoms with Gasteiger partial charge in [0.1, 0.15) is 5.75 Å². The Balaban J connectivity index is 2.14. The number of methoxy groups -OCH3 is 1. The van der Waals surface area contributed by atoms with E-state index in [9.17, 15) is 5.26 Å². The van der Waals surface area contributed by atoms with Crippen LogP contribution in [0.1, 0.15) is 24.5 Å². The fraction of sp³-hybridized carbons (Fsp3) is 0.353. The predicted molar refractivity (Wildman–Crippen MR) is 77.5 cm³/mol. The molecule has 3 rings (SSSR count). The van der Waals surface area contributed by atoms with Crippen LogP contribution in [0.5, 0.6) is 5.75 Å². The molecule has 0 saturated carbocycles. The highest BCUT2D eigenvalue weighted by Gasteiger charge is 2.28. The average Bonchev–Trinajstić information content (AvgIpc) is 2.53. The van der Waals surface area contributed by atoms with Gasteiger partial charge in [-0.1, -0.05) is 30.3 Å². The predicted octanol–water partition coefficient (Wildman–Crippen LogP) is 3.84. The number of benzene rings is 2. The van der Waals surface area contributed by atoms with Gasteiger partial charge in [0.25, 0.3) is 0 Å². The van der Waals surface area contributed by atoms with E-state index in [4.69, 9.17) is 9.47 Å². The molecule has 2 atom stereocenters. The minimum atomic E-state index is -0.135. The van der Waals surface area contributed by atoms with E-state index in [0.717, 1.165) is 41.5 Å². The highest BCUT2D eigenvalue weighted by atomic mass is 16.5. The summed E-state index contributed by atoms with van der Waals surface area (Å²) in [6, 6.07) is 14.5.